The molecule has 0 bridgehead atoms. The van der Waals surface area contributed by atoms with Crippen LogP contribution in [0.25, 0.3) is 0 Å². The van der Waals surface area contributed by atoms with Crippen molar-refractivity contribution in [1.29, 1.82) is 0 Å². The second-order valence-corrected chi connectivity index (χ2v) is 5.43. The Morgan fingerprint density at radius 3 is 2.62 bits per heavy atom. The van der Waals surface area contributed by atoms with E-state index in [1.165, 1.54) is 57.9 Å². The lowest BCUT2D eigenvalue weighted by Gasteiger charge is -2.27. The second-order valence-electron chi connectivity index (χ2n) is 5.43. The zero-order valence-corrected chi connectivity index (χ0v) is 10.5. The minimum Gasteiger partial charge on any atom is -0.314 e. The van der Waals surface area contributed by atoms with E-state index in [9.17, 15) is 0 Å². The summed E-state index contributed by atoms with van der Waals surface area (Å²) in [6, 6.07) is 1.17. The standard InChI is InChI=1S/C13H26N2O/c1-11(10-12-6-4-5-9-14-12)15-16-13-7-2-3-8-13/h11-15H,2-10H2,1H3. The molecular weight excluding hydrogens is 200 g/mol. The van der Waals surface area contributed by atoms with E-state index in [0.29, 0.717) is 18.2 Å². The average molecular weight is 226 g/mol. The summed E-state index contributed by atoms with van der Waals surface area (Å²) in [4.78, 5) is 5.73. The molecular formula is C13H26N2O. The lowest BCUT2D eigenvalue weighted by Crippen LogP contribution is -2.40. The van der Waals surface area contributed by atoms with Crippen LogP contribution in [0.3, 0.4) is 0 Å². The van der Waals surface area contributed by atoms with Crippen molar-refractivity contribution in [3.63, 3.8) is 0 Å². The van der Waals surface area contributed by atoms with E-state index in [0.717, 1.165) is 0 Å². The van der Waals surface area contributed by atoms with Crippen molar-refractivity contribution in [3.8, 4) is 0 Å². The van der Waals surface area contributed by atoms with Crippen LogP contribution in [-0.4, -0.2) is 24.7 Å². The summed E-state index contributed by atoms with van der Waals surface area (Å²) in [5.74, 6) is 0. The van der Waals surface area contributed by atoms with Crippen molar-refractivity contribution in [2.75, 3.05) is 6.54 Å². The quantitative estimate of drug-likeness (QED) is 0.706. The number of hydrogen-bond acceptors (Lipinski definition) is 3. The van der Waals surface area contributed by atoms with Gasteiger partial charge in [0.25, 0.3) is 0 Å². The van der Waals surface area contributed by atoms with Crippen LogP contribution in [0.1, 0.15) is 58.3 Å². The Labute approximate surface area is 99.3 Å². The highest BCUT2D eigenvalue weighted by Crippen LogP contribution is 2.20. The topological polar surface area (TPSA) is 33.3 Å². The zero-order chi connectivity index (χ0) is 11.2. The molecule has 0 amide bonds. The van der Waals surface area contributed by atoms with Crippen molar-refractivity contribution in [3.05, 3.63) is 0 Å². The van der Waals surface area contributed by atoms with Gasteiger partial charge in [0.2, 0.25) is 0 Å². The Balaban J connectivity index is 1.57. The van der Waals surface area contributed by atoms with E-state index in [1.807, 2.05) is 0 Å². The van der Waals surface area contributed by atoms with Crippen LogP contribution in [0.4, 0.5) is 0 Å². The van der Waals surface area contributed by atoms with Crippen LogP contribution in [0.15, 0.2) is 0 Å². The van der Waals surface area contributed by atoms with Crippen LogP contribution >= 0.6 is 0 Å². The van der Waals surface area contributed by atoms with Crippen molar-refractivity contribution in [2.24, 2.45) is 0 Å². The monoisotopic (exact) mass is 226 g/mol. The molecule has 1 saturated carbocycles. The Morgan fingerprint density at radius 2 is 1.94 bits per heavy atom. The summed E-state index contributed by atoms with van der Waals surface area (Å²) in [5, 5.41) is 3.58. The molecule has 0 aromatic carbocycles. The third kappa shape index (κ3) is 4.04. The van der Waals surface area contributed by atoms with E-state index < -0.39 is 0 Å². The molecule has 94 valence electrons. The summed E-state index contributed by atoms with van der Waals surface area (Å²) in [5.41, 5.74) is 3.23. The summed E-state index contributed by atoms with van der Waals surface area (Å²) in [6.45, 7) is 3.42. The first-order valence-corrected chi connectivity index (χ1v) is 6.99. The third-order valence-corrected chi connectivity index (χ3v) is 3.79. The van der Waals surface area contributed by atoms with Crippen LogP contribution in [0.2, 0.25) is 0 Å². The Hall–Kier alpha value is -0.120. The van der Waals surface area contributed by atoms with Gasteiger partial charge in [-0.1, -0.05) is 19.3 Å². The number of rotatable bonds is 5. The molecule has 3 nitrogen and oxygen atoms in total. The van der Waals surface area contributed by atoms with E-state index in [-0.39, 0.29) is 0 Å². The molecule has 1 saturated heterocycles. The summed E-state index contributed by atoms with van der Waals surface area (Å²) in [7, 11) is 0. The van der Waals surface area contributed by atoms with Crippen LogP contribution in [-0.2, 0) is 4.84 Å². The van der Waals surface area contributed by atoms with Gasteiger partial charge in [0.1, 0.15) is 0 Å². The predicted molar refractivity (Wildman–Crippen MR) is 66.2 cm³/mol. The van der Waals surface area contributed by atoms with Gasteiger partial charge in [-0.15, -0.1) is 0 Å². The number of hydroxylamine groups is 1. The van der Waals surface area contributed by atoms with E-state index in [2.05, 4.69) is 17.7 Å². The molecule has 0 radical (unpaired) electrons. The normalized spacial score (nSPS) is 29.4. The fourth-order valence-electron chi connectivity index (χ4n) is 2.82. The van der Waals surface area contributed by atoms with E-state index in [1.54, 1.807) is 0 Å². The van der Waals surface area contributed by atoms with Gasteiger partial charge >= 0.3 is 0 Å². The maximum Gasteiger partial charge on any atom is 0.0790 e. The molecule has 3 heteroatoms. The summed E-state index contributed by atoms with van der Waals surface area (Å²) < 4.78 is 0. The Kier molecular flexibility index (Phi) is 5.07. The molecule has 2 unspecified atom stereocenters. The molecule has 16 heavy (non-hydrogen) atoms. The van der Waals surface area contributed by atoms with E-state index in [4.69, 9.17) is 4.84 Å². The van der Waals surface area contributed by atoms with Crippen LogP contribution < -0.4 is 10.8 Å². The summed E-state index contributed by atoms with van der Waals surface area (Å²) >= 11 is 0. The molecule has 1 aliphatic heterocycles. The molecule has 1 heterocycles. The SMILES string of the molecule is CC(CC1CCCCN1)NOC1CCCC1. The molecule has 0 aromatic heterocycles. The highest BCUT2D eigenvalue weighted by molar-refractivity contribution is 4.76. The van der Waals surface area contributed by atoms with Crippen molar-refractivity contribution >= 4 is 0 Å². The average Bonchev–Trinajstić information content (AvgIpc) is 2.81. The van der Waals surface area contributed by atoms with Crippen molar-refractivity contribution in [1.82, 2.24) is 10.8 Å². The smallest absolute Gasteiger partial charge is 0.0790 e. The lowest BCUT2D eigenvalue weighted by atomic mass is 9.99. The van der Waals surface area contributed by atoms with Gasteiger partial charge in [-0.3, -0.25) is 4.84 Å². The number of hydrogen-bond donors (Lipinski definition) is 2. The minimum atomic E-state index is 0.469. The molecule has 2 N–H and O–H groups in total. The van der Waals surface area contributed by atoms with Gasteiger partial charge in [-0.05, 0) is 45.6 Å². The zero-order valence-electron chi connectivity index (χ0n) is 10.5. The molecule has 1 aliphatic carbocycles. The van der Waals surface area contributed by atoms with Crippen molar-refractivity contribution in [2.45, 2.75) is 76.5 Å². The van der Waals surface area contributed by atoms with Crippen molar-refractivity contribution < 1.29 is 4.84 Å². The van der Waals surface area contributed by atoms with Gasteiger partial charge in [0, 0.05) is 12.1 Å². The molecule has 2 fully saturated rings. The third-order valence-electron chi connectivity index (χ3n) is 3.79. The first-order valence-electron chi connectivity index (χ1n) is 6.99. The molecule has 2 rings (SSSR count). The largest absolute Gasteiger partial charge is 0.314 e. The molecule has 0 aromatic rings. The number of nitrogens with one attached hydrogen (secondary N) is 2. The first kappa shape index (κ1) is 12.3. The second kappa shape index (κ2) is 6.58. The Morgan fingerprint density at radius 1 is 1.19 bits per heavy atom. The fraction of sp³-hybridized carbons (Fsp3) is 1.00. The van der Waals surface area contributed by atoms with Gasteiger partial charge in [0.15, 0.2) is 0 Å². The highest BCUT2D eigenvalue weighted by Gasteiger charge is 2.19. The van der Waals surface area contributed by atoms with Gasteiger partial charge in [-0.2, -0.15) is 5.48 Å². The van der Waals surface area contributed by atoms with Gasteiger partial charge in [-0.25, -0.2) is 0 Å². The predicted octanol–water partition coefficient (Wildman–Crippen LogP) is 2.37. The fourth-order valence-corrected chi connectivity index (χ4v) is 2.82. The maximum absolute atomic E-state index is 5.73. The first-order chi connectivity index (χ1) is 7.84. The lowest BCUT2D eigenvalue weighted by molar-refractivity contribution is -0.0400. The van der Waals surface area contributed by atoms with Gasteiger partial charge in [0.05, 0.1) is 6.10 Å². The molecule has 0 spiro atoms. The van der Waals surface area contributed by atoms with Gasteiger partial charge < -0.3 is 5.32 Å². The molecule has 2 aliphatic rings. The molecule has 2 atom stereocenters. The number of piperidine rings is 1. The minimum absolute atomic E-state index is 0.469. The maximum atomic E-state index is 5.73. The van der Waals surface area contributed by atoms with Crippen LogP contribution in [0.5, 0.6) is 0 Å². The van der Waals surface area contributed by atoms with Crippen LogP contribution in [0, 0.1) is 0 Å². The highest BCUT2D eigenvalue weighted by atomic mass is 16.7. The summed E-state index contributed by atoms with van der Waals surface area (Å²) in [6.07, 6.45) is 10.9. The Bertz CT molecular complexity index is 186. The van der Waals surface area contributed by atoms with E-state index >= 15 is 0 Å².